The number of nitrogens with one attached hydrogen (secondary N) is 1. The molecule has 0 fully saturated rings. The van der Waals surface area contributed by atoms with Crippen molar-refractivity contribution in [3.63, 3.8) is 0 Å². The first kappa shape index (κ1) is 17.6. The Morgan fingerprint density at radius 3 is 2.68 bits per heavy atom. The van der Waals surface area contributed by atoms with Gasteiger partial charge < -0.3 is 14.8 Å². The molecule has 0 radical (unpaired) electrons. The van der Waals surface area contributed by atoms with Crippen LogP contribution in [0.15, 0.2) is 24.3 Å². The second-order valence-electron chi connectivity index (χ2n) is 5.19. The van der Waals surface area contributed by atoms with Crippen LogP contribution in [-0.2, 0) is 4.79 Å². The van der Waals surface area contributed by atoms with E-state index in [2.05, 4.69) is 11.4 Å². The van der Waals surface area contributed by atoms with Gasteiger partial charge in [0.1, 0.15) is 0 Å². The molecule has 1 rings (SSSR count). The lowest BCUT2D eigenvalue weighted by Gasteiger charge is -2.13. The Hall–Kier alpha value is -2.48. The van der Waals surface area contributed by atoms with Gasteiger partial charge in [-0.2, -0.15) is 5.26 Å². The first-order valence-corrected chi connectivity index (χ1v) is 7.16. The van der Waals surface area contributed by atoms with E-state index in [0.29, 0.717) is 18.0 Å². The van der Waals surface area contributed by atoms with Gasteiger partial charge in [0.15, 0.2) is 11.5 Å². The molecule has 0 bridgehead atoms. The van der Waals surface area contributed by atoms with Crippen molar-refractivity contribution < 1.29 is 14.3 Å². The fourth-order valence-corrected chi connectivity index (χ4v) is 1.67. The molecule has 5 heteroatoms. The van der Waals surface area contributed by atoms with Crippen molar-refractivity contribution in [3.8, 4) is 17.6 Å². The van der Waals surface area contributed by atoms with E-state index >= 15 is 0 Å². The van der Waals surface area contributed by atoms with Crippen LogP contribution in [0.2, 0.25) is 0 Å². The molecule has 0 spiro atoms. The molecule has 118 valence electrons. The SMILES string of the molecule is COc1cc(/C=C/C(=O)NCC(C)C#N)ccc1OC(C)C. The Labute approximate surface area is 131 Å². The zero-order chi connectivity index (χ0) is 16.5. The lowest BCUT2D eigenvalue weighted by molar-refractivity contribution is -0.116. The van der Waals surface area contributed by atoms with Crippen LogP contribution in [0.3, 0.4) is 0 Å². The summed E-state index contributed by atoms with van der Waals surface area (Å²) in [6, 6.07) is 7.53. The summed E-state index contributed by atoms with van der Waals surface area (Å²) in [5, 5.41) is 11.3. The molecule has 0 aliphatic rings. The van der Waals surface area contributed by atoms with Gasteiger partial charge in [0.05, 0.1) is 25.2 Å². The van der Waals surface area contributed by atoms with Crippen LogP contribution >= 0.6 is 0 Å². The number of amides is 1. The fraction of sp³-hybridized carbons (Fsp3) is 0.412. The number of methoxy groups -OCH3 is 1. The number of carbonyl (C=O) groups is 1. The molecule has 1 aromatic carbocycles. The summed E-state index contributed by atoms with van der Waals surface area (Å²) in [5.41, 5.74) is 0.830. The van der Waals surface area contributed by atoms with E-state index in [9.17, 15) is 4.79 Å². The predicted molar refractivity (Wildman–Crippen MR) is 85.6 cm³/mol. The van der Waals surface area contributed by atoms with Gasteiger partial charge in [-0.1, -0.05) is 6.07 Å². The molecule has 0 aromatic heterocycles. The van der Waals surface area contributed by atoms with Crippen molar-refractivity contribution in [1.82, 2.24) is 5.32 Å². The second kappa shape index (κ2) is 8.73. The van der Waals surface area contributed by atoms with Crippen LogP contribution in [0.4, 0.5) is 0 Å². The third-order valence-electron chi connectivity index (χ3n) is 2.78. The monoisotopic (exact) mass is 302 g/mol. The third kappa shape index (κ3) is 5.88. The molecule has 0 aliphatic heterocycles. The van der Waals surface area contributed by atoms with Crippen molar-refractivity contribution in [1.29, 1.82) is 5.26 Å². The third-order valence-corrected chi connectivity index (χ3v) is 2.78. The molecule has 1 unspecified atom stereocenters. The van der Waals surface area contributed by atoms with Gasteiger partial charge in [0.2, 0.25) is 5.91 Å². The van der Waals surface area contributed by atoms with Crippen LogP contribution in [0.1, 0.15) is 26.3 Å². The van der Waals surface area contributed by atoms with Crippen LogP contribution in [-0.4, -0.2) is 25.7 Å². The molecule has 1 amide bonds. The Kier molecular flexibility index (Phi) is 6.97. The maximum Gasteiger partial charge on any atom is 0.244 e. The molecule has 1 N–H and O–H groups in total. The van der Waals surface area contributed by atoms with E-state index in [-0.39, 0.29) is 17.9 Å². The van der Waals surface area contributed by atoms with Crippen molar-refractivity contribution in [2.75, 3.05) is 13.7 Å². The Morgan fingerprint density at radius 1 is 1.36 bits per heavy atom. The summed E-state index contributed by atoms with van der Waals surface area (Å²) in [6.07, 6.45) is 3.18. The highest BCUT2D eigenvalue weighted by atomic mass is 16.5. The topological polar surface area (TPSA) is 71.3 Å². The van der Waals surface area contributed by atoms with Gasteiger partial charge in [-0.15, -0.1) is 0 Å². The van der Waals surface area contributed by atoms with Crippen LogP contribution in [0.5, 0.6) is 11.5 Å². The number of nitriles is 1. The van der Waals surface area contributed by atoms with E-state index in [4.69, 9.17) is 14.7 Å². The van der Waals surface area contributed by atoms with Gasteiger partial charge in [-0.3, -0.25) is 4.79 Å². The number of hydrogen-bond acceptors (Lipinski definition) is 4. The van der Waals surface area contributed by atoms with E-state index in [1.54, 1.807) is 26.2 Å². The average Bonchev–Trinajstić information content (AvgIpc) is 2.50. The van der Waals surface area contributed by atoms with Crippen LogP contribution < -0.4 is 14.8 Å². The minimum atomic E-state index is -0.233. The van der Waals surface area contributed by atoms with Gasteiger partial charge in [0.25, 0.3) is 0 Å². The van der Waals surface area contributed by atoms with E-state index in [0.717, 1.165) is 5.56 Å². The minimum absolute atomic E-state index is 0.0585. The molecular weight excluding hydrogens is 280 g/mol. The summed E-state index contributed by atoms with van der Waals surface area (Å²) >= 11 is 0. The van der Waals surface area contributed by atoms with Gasteiger partial charge in [0, 0.05) is 12.6 Å². The summed E-state index contributed by atoms with van der Waals surface area (Å²) < 4.78 is 10.9. The normalized spacial score (nSPS) is 12.0. The number of nitrogens with zero attached hydrogens (tertiary/aromatic N) is 1. The first-order chi connectivity index (χ1) is 10.5. The van der Waals surface area contributed by atoms with Gasteiger partial charge in [-0.25, -0.2) is 0 Å². The Balaban J connectivity index is 2.71. The lowest BCUT2D eigenvalue weighted by atomic mass is 10.2. The maximum atomic E-state index is 11.6. The van der Waals surface area contributed by atoms with E-state index in [1.807, 2.05) is 26.0 Å². The number of hydrogen-bond donors (Lipinski definition) is 1. The zero-order valence-electron chi connectivity index (χ0n) is 13.4. The largest absolute Gasteiger partial charge is 0.493 e. The standard InChI is InChI=1S/C17H22N2O3/c1-12(2)22-15-7-5-14(9-16(15)21-4)6-8-17(20)19-11-13(3)10-18/h5-9,12-13H,11H2,1-4H3,(H,19,20)/b8-6+. The number of carbonyl (C=O) groups excluding carboxylic acids is 1. The summed E-state index contributed by atoms with van der Waals surface area (Å²) in [4.78, 5) is 11.6. The molecule has 22 heavy (non-hydrogen) atoms. The molecular formula is C17H22N2O3. The first-order valence-electron chi connectivity index (χ1n) is 7.16. The number of rotatable bonds is 7. The van der Waals surface area contributed by atoms with Crippen LogP contribution in [0.25, 0.3) is 6.08 Å². The quantitative estimate of drug-likeness (QED) is 0.786. The molecule has 0 saturated heterocycles. The molecule has 0 aliphatic carbocycles. The highest BCUT2D eigenvalue weighted by Crippen LogP contribution is 2.29. The Morgan fingerprint density at radius 2 is 2.09 bits per heavy atom. The van der Waals surface area contributed by atoms with Crippen molar-refractivity contribution in [3.05, 3.63) is 29.8 Å². The van der Waals surface area contributed by atoms with E-state index < -0.39 is 0 Å². The fourth-order valence-electron chi connectivity index (χ4n) is 1.67. The average molecular weight is 302 g/mol. The van der Waals surface area contributed by atoms with Crippen molar-refractivity contribution >= 4 is 12.0 Å². The van der Waals surface area contributed by atoms with Crippen LogP contribution in [0, 0.1) is 17.2 Å². The van der Waals surface area contributed by atoms with Crippen molar-refractivity contribution in [2.24, 2.45) is 5.92 Å². The molecule has 1 atom stereocenters. The molecule has 0 heterocycles. The molecule has 1 aromatic rings. The van der Waals surface area contributed by atoms with E-state index in [1.165, 1.54) is 6.08 Å². The predicted octanol–water partition coefficient (Wildman–Crippen LogP) is 2.77. The maximum absolute atomic E-state index is 11.6. The number of ether oxygens (including phenoxy) is 2. The number of benzene rings is 1. The highest BCUT2D eigenvalue weighted by Gasteiger charge is 2.07. The van der Waals surface area contributed by atoms with Gasteiger partial charge >= 0.3 is 0 Å². The zero-order valence-corrected chi connectivity index (χ0v) is 13.4. The highest BCUT2D eigenvalue weighted by molar-refractivity contribution is 5.91. The summed E-state index contributed by atoms with van der Waals surface area (Å²) in [5.74, 6) is 0.852. The summed E-state index contributed by atoms with van der Waals surface area (Å²) in [6.45, 7) is 5.98. The van der Waals surface area contributed by atoms with Gasteiger partial charge in [-0.05, 0) is 44.5 Å². The summed E-state index contributed by atoms with van der Waals surface area (Å²) in [7, 11) is 1.58. The second-order valence-corrected chi connectivity index (χ2v) is 5.19. The minimum Gasteiger partial charge on any atom is -0.493 e. The Bertz CT molecular complexity index is 574. The lowest BCUT2D eigenvalue weighted by Crippen LogP contribution is -2.25. The molecule has 5 nitrogen and oxygen atoms in total. The smallest absolute Gasteiger partial charge is 0.244 e. The van der Waals surface area contributed by atoms with Crippen molar-refractivity contribution in [2.45, 2.75) is 26.9 Å². The molecule has 0 saturated carbocycles.